The molecule has 0 fully saturated rings. The van der Waals surface area contributed by atoms with Crippen LogP contribution in [0.4, 0.5) is 0 Å². The molecule has 3 aromatic rings. The summed E-state index contributed by atoms with van der Waals surface area (Å²) in [4.78, 5) is 37.2. The van der Waals surface area contributed by atoms with E-state index in [1.165, 1.54) is 11.7 Å². The zero-order chi connectivity index (χ0) is 20.8. The van der Waals surface area contributed by atoms with Crippen molar-refractivity contribution < 1.29 is 14.7 Å². The van der Waals surface area contributed by atoms with Crippen molar-refractivity contribution in [3.8, 4) is 5.75 Å². The largest absolute Gasteiger partial charge is 0.503 e. The highest BCUT2D eigenvalue weighted by atomic mass is 16.3. The number of amides is 1. The normalized spacial score (nSPS) is 11.6. The van der Waals surface area contributed by atoms with Gasteiger partial charge in [0.25, 0.3) is 11.3 Å². The number of hydrogen-bond donors (Lipinski definition) is 2. The predicted molar refractivity (Wildman–Crippen MR) is 108 cm³/mol. The fraction of sp³-hybridized carbons (Fsp3) is 0.182. The number of nitrogens with one attached hydrogen (secondary N) is 1. The molecule has 0 saturated heterocycles. The molecule has 0 bridgehead atoms. The molecule has 0 aliphatic carbocycles. The molecule has 7 heteroatoms. The Kier molecular flexibility index (Phi) is 6.19. The molecule has 2 aromatic carbocycles. The number of aromatic nitrogens is 2. The van der Waals surface area contributed by atoms with Crippen molar-refractivity contribution in [2.24, 2.45) is 0 Å². The Bertz CT molecular complexity index is 1060. The molecular formula is C22H21N3O4. The number of benzene rings is 2. The van der Waals surface area contributed by atoms with Crippen LogP contribution in [0.1, 0.15) is 27.7 Å². The van der Waals surface area contributed by atoms with E-state index in [0.717, 1.165) is 17.3 Å². The molecule has 7 nitrogen and oxygen atoms in total. The lowest BCUT2D eigenvalue weighted by Crippen LogP contribution is -2.32. The number of rotatable bonds is 7. The van der Waals surface area contributed by atoms with Crippen molar-refractivity contribution in [3.05, 3.63) is 93.9 Å². The van der Waals surface area contributed by atoms with Crippen LogP contribution in [0.2, 0.25) is 0 Å². The Balaban J connectivity index is 2.02. The fourth-order valence-electron chi connectivity index (χ4n) is 3.03. The Labute approximate surface area is 167 Å². The number of ketones is 1. The highest BCUT2D eigenvalue weighted by Gasteiger charge is 2.25. The Morgan fingerprint density at radius 2 is 1.62 bits per heavy atom. The van der Waals surface area contributed by atoms with Gasteiger partial charge in [0.05, 0.1) is 6.20 Å². The van der Waals surface area contributed by atoms with Crippen LogP contribution in [0, 0.1) is 0 Å². The minimum absolute atomic E-state index is 0.154. The van der Waals surface area contributed by atoms with Gasteiger partial charge in [0, 0.05) is 19.9 Å². The summed E-state index contributed by atoms with van der Waals surface area (Å²) in [6, 6.07) is 17.8. The van der Waals surface area contributed by atoms with Crippen LogP contribution < -0.4 is 10.7 Å². The average Bonchev–Trinajstić information content (AvgIpc) is 2.74. The SMILES string of the molecule is CNC(=O)c1nn(C(Cc2ccccc2)C(=O)Cc2ccccc2)cc(O)c1=O. The van der Waals surface area contributed by atoms with Gasteiger partial charge in [-0.15, -0.1) is 0 Å². The molecule has 1 heterocycles. The maximum Gasteiger partial charge on any atom is 0.275 e. The van der Waals surface area contributed by atoms with E-state index in [1.807, 2.05) is 60.7 Å². The van der Waals surface area contributed by atoms with Crippen molar-refractivity contribution in [1.29, 1.82) is 0 Å². The second-order valence-electron chi connectivity index (χ2n) is 6.59. The highest BCUT2D eigenvalue weighted by Crippen LogP contribution is 2.19. The lowest BCUT2D eigenvalue weighted by molar-refractivity contribution is -0.121. The average molecular weight is 391 g/mol. The molecule has 1 atom stereocenters. The van der Waals surface area contributed by atoms with E-state index < -0.39 is 28.8 Å². The minimum Gasteiger partial charge on any atom is -0.503 e. The third-order valence-electron chi connectivity index (χ3n) is 4.54. The van der Waals surface area contributed by atoms with Crippen LogP contribution in [0.25, 0.3) is 0 Å². The molecular weight excluding hydrogens is 370 g/mol. The van der Waals surface area contributed by atoms with E-state index in [9.17, 15) is 19.5 Å². The standard InChI is InChI=1S/C22H21N3O4/c1-23-22(29)20-21(28)19(27)14-25(24-20)17(12-15-8-4-2-5-9-15)18(26)13-16-10-6-3-7-11-16/h2-11,14,17,27H,12-13H2,1H3,(H,23,29). The molecule has 1 aromatic heterocycles. The zero-order valence-corrected chi connectivity index (χ0v) is 15.9. The summed E-state index contributed by atoms with van der Waals surface area (Å²) in [5.74, 6) is -1.52. The smallest absolute Gasteiger partial charge is 0.275 e. The van der Waals surface area contributed by atoms with Crippen LogP contribution in [0.5, 0.6) is 5.75 Å². The monoisotopic (exact) mass is 391 g/mol. The van der Waals surface area contributed by atoms with E-state index in [0.29, 0.717) is 6.42 Å². The molecule has 0 radical (unpaired) electrons. The quantitative estimate of drug-likeness (QED) is 0.641. The molecule has 3 rings (SSSR count). The first-order valence-corrected chi connectivity index (χ1v) is 9.14. The number of carbonyl (C=O) groups is 2. The molecule has 0 aliphatic heterocycles. The number of hydrogen-bond acceptors (Lipinski definition) is 5. The van der Waals surface area contributed by atoms with E-state index in [2.05, 4.69) is 10.4 Å². The molecule has 148 valence electrons. The van der Waals surface area contributed by atoms with Crippen molar-refractivity contribution >= 4 is 11.7 Å². The first kappa shape index (κ1) is 20.0. The predicted octanol–water partition coefficient (Wildman–Crippen LogP) is 1.90. The van der Waals surface area contributed by atoms with Gasteiger partial charge in [-0.1, -0.05) is 60.7 Å². The van der Waals surface area contributed by atoms with Crippen LogP contribution in [-0.2, 0) is 17.6 Å². The molecule has 0 aliphatic rings. The summed E-state index contributed by atoms with van der Waals surface area (Å²) < 4.78 is 1.21. The molecule has 1 amide bonds. The van der Waals surface area contributed by atoms with Gasteiger partial charge >= 0.3 is 0 Å². The number of carbonyl (C=O) groups excluding carboxylic acids is 2. The third-order valence-corrected chi connectivity index (χ3v) is 4.54. The van der Waals surface area contributed by atoms with Crippen LogP contribution in [0.3, 0.4) is 0 Å². The van der Waals surface area contributed by atoms with Gasteiger partial charge < -0.3 is 10.4 Å². The minimum atomic E-state index is -0.880. The van der Waals surface area contributed by atoms with E-state index >= 15 is 0 Å². The van der Waals surface area contributed by atoms with Gasteiger partial charge in [-0.2, -0.15) is 5.10 Å². The van der Waals surface area contributed by atoms with Gasteiger partial charge in [-0.05, 0) is 11.1 Å². The van der Waals surface area contributed by atoms with Crippen molar-refractivity contribution in [2.75, 3.05) is 7.05 Å². The van der Waals surface area contributed by atoms with Gasteiger partial charge in [0.15, 0.2) is 17.2 Å². The summed E-state index contributed by atoms with van der Waals surface area (Å²) in [5, 5.41) is 16.4. The van der Waals surface area contributed by atoms with Crippen molar-refractivity contribution in [3.63, 3.8) is 0 Å². The van der Waals surface area contributed by atoms with Crippen LogP contribution in [0.15, 0.2) is 71.7 Å². The zero-order valence-electron chi connectivity index (χ0n) is 15.9. The van der Waals surface area contributed by atoms with Gasteiger partial charge in [-0.3, -0.25) is 19.1 Å². The Hall–Kier alpha value is -3.74. The van der Waals surface area contributed by atoms with Crippen molar-refractivity contribution in [1.82, 2.24) is 15.1 Å². The third kappa shape index (κ3) is 4.76. The second-order valence-corrected chi connectivity index (χ2v) is 6.59. The lowest BCUT2D eigenvalue weighted by atomic mass is 9.98. The van der Waals surface area contributed by atoms with E-state index in [4.69, 9.17) is 0 Å². The summed E-state index contributed by atoms with van der Waals surface area (Å²) in [6.45, 7) is 0. The fourth-order valence-corrected chi connectivity index (χ4v) is 3.03. The van der Waals surface area contributed by atoms with E-state index in [-0.39, 0.29) is 12.2 Å². The summed E-state index contributed by atoms with van der Waals surface area (Å²) in [5.41, 5.74) is 0.389. The second kappa shape index (κ2) is 8.97. The summed E-state index contributed by atoms with van der Waals surface area (Å²) >= 11 is 0. The maximum atomic E-state index is 13.1. The molecule has 2 N–H and O–H groups in total. The van der Waals surface area contributed by atoms with Crippen molar-refractivity contribution in [2.45, 2.75) is 18.9 Å². The molecule has 0 spiro atoms. The van der Waals surface area contributed by atoms with Gasteiger partial charge in [0.1, 0.15) is 6.04 Å². The Morgan fingerprint density at radius 3 is 2.21 bits per heavy atom. The molecule has 29 heavy (non-hydrogen) atoms. The van der Waals surface area contributed by atoms with Gasteiger partial charge in [-0.25, -0.2) is 0 Å². The van der Waals surface area contributed by atoms with E-state index in [1.54, 1.807) is 0 Å². The molecule has 0 saturated carbocycles. The topological polar surface area (TPSA) is 101 Å². The molecule has 1 unspecified atom stereocenters. The number of aromatic hydroxyl groups is 1. The summed E-state index contributed by atoms with van der Waals surface area (Å²) in [7, 11) is 1.36. The first-order valence-electron chi connectivity index (χ1n) is 9.14. The first-order chi connectivity index (χ1) is 14.0. The lowest BCUT2D eigenvalue weighted by Gasteiger charge is -2.19. The number of nitrogens with zero attached hydrogens (tertiary/aromatic N) is 2. The highest BCUT2D eigenvalue weighted by molar-refractivity contribution is 5.92. The Morgan fingerprint density at radius 1 is 1.03 bits per heavy atom. The number of Topliss-reactive ketones (excluding diaryl/α,β-unsaturated/α-hetero) is 1. The van der Waals surface area contributed by atoms with Crippen LogP contribution >= 0.6 is 0 Å². The maximum absolute atomic E-state index is 13.1. The van der Waals surface area contributed by atoms with Crippen LogP contribution in [-0.4, -0.2) is 33.6 Å². The summed E-state index contributed by atoms with van der Waals surface area (Å²) in [6.07, 6.45) is 1.56. The van der Waals surface area contributed by atoms with Gasteiger partial charge in [0.2, 0.25) is 0 Å².